The summed E-state index contributed by atoms with van der Waals surface area (Å²) in [4.78, 5) is 0. The zero-order chi connectivity index (χ0) is 4.12. The molecule has 0 heterocycles. The number of hydrogen-bond donors (Lipinski definition) is 1. The second kappa shape index (κ2) is 3.92. The molecule has 2 radical (unpaired) electrons. The molecule has 0 unspecified atom stereocenters. The minimum atomic E-state index is 0.219. The van der Waals surface area contributed by atoms with Crippen molar-refractivity contribution in [1.29, 1.82) is 0 Å². The Balaban J connectivity index is 2.19. The van der Waals surface area contributed by atoms with Gasteiger partial charge in [0.15, 0.2) is 0 Å². The van der Waals surface area contributed by atoms with Crippen molar-refractivity contribution in [2.75, 3.05) is 13.1 Å². The molecule has 0 aliphatic carbocycles. The van der Waals surface area contributed by atoms with Crippen LogP contribution < -0.4 is 11.5 Å². The molecule has 30 valence electrons. The highest BCUT2D eigenvalue weighted by Gasteiger charge is 1.70. The van der Waals surface area contributed by atoms with Gasteiger partial charge in [-0.3, -0.25) is 0 Å². The molecule has 0 aliphatic heterocycles. The zero-order valence-electron chi connectivity index (χ0n) is 3.15. The Hall–Kier alpha value is -0.0800. The summed E-state index contributed by atoms with van der Waals surface area (Å²) in [5, 5.41) is 0. The molecule has 0 aliphatic rings. The largest absolute Gasteiger partial charge is 0.330 e. The SMILES string of the molecule is [N]CCCN. The highest BCUT2D eigenvalue weighted by Crippen LogP contribution is 1.60. The van der Waals surface area contributed by atoms with Crippen LogP contribution in [0.2, 0.25) is 0 Å². The molecule has 0 saturated heterocycles. The van der Waals surface area contributed by atoms with Gasteiger partial charge >= 0.3 is 0 Å². The summed E-state index contributed by atoms with van der Waals surface area (Å²) in [6.45, 7) is 0.812. The lowest BCUT2D eigenvalue weighted by Gasteiger charge is -1.78. The van der Waals surface area contributed by atoms with E-state index in [1.807, 2.05) is 0 Å². The van der Waals surface area contributed by atoms with Crippen molar-refractivity contribution in [3.05, 3.63) is 0 Å². The molecule has 0 aromatic heterocycles. The topological polar surface area (TPSA) is 48.3 Å². The van der Waals surface area contributed by atoms with E-state index in [2.05, 4.69) is 0 Å². The van der Waals surface area contributed by atoms with Crippen molar-refractivity contribution in [2.24, 2.45) is 5.73 Å². The number of rotatable bonds is 2. The molecule has 2 nitrogen and oxygen atoms in total. The van der Waals surface area contributed by atoms with E-state index in [1.54, 1.807) is 0 Å². The third-order valence-corrected chi connectivity index (χ3v) is 0.362. The quantitative estimate of drug-likeness (QED) is 0.465. The Morgan fingerprint density at radius 3 is 2.20 bits per heavy atom. The molecular weight excluding hydrogens is 64.0 g/mol. The van der Waals surface area contributed by atoms with Crippen LogP contribution in [0.15, 0.2) is 0 Å². The number of nitrogens with two attached hydrogens (primary N) is 1. The molecule has 0 spiro atoms. The lowest BCUT2D eigenvalue weighted by molar-refractivity contribution is 0.828. The van der Waals surface area contributed by atoms with Gasteiger partial charge in [-0.25, -0.2) is 0 Å². The van der Waals surface area contributed by atoms with Gasteiger partial charge in [-0.2, -0.15) is 0 Å². The Bertz CT molecular complexity index is 12.4. The van der Waals surface area contributed by atoms with Gasteiger partial charge < -0.3 is 5.73 Å². The van der Waals surface area contributed by atoms with Crippen LogP contribution in [0.3, 0.4) is 0 Å². The maximum Gasteiger partial charge on any atom is 0.0333 e. The molecule has 0 aromatic carbocycles. The molecule has 0 amide bonds. The van der Waals surface area contributed by atoms with Gasteiger partial charge in [0.05, 0.1) is 0 Å². The molecule has 0 saturated carbocycles. The van der Waals surface area contributed by atoms with Crippen LogP contribution >= 0.6 is 0 Å². The minimum absolute atomic E-state index is 0.219. The first-order valence-electron chi connectivity index (χ1n) is 1.72. The fraction of sp³-hybridized carbons (Fsp3) is 1.00. The molecule has 2 heteroatoms. The van der Waals surface area contributed by atoms with E-state index in [4.69, 9.17) is 11.5 Å². The first-order chi connectivity index (χ1) is 2.41. The second-order valence-electron chi connectivity index (χ2n) is 0.866. The molecular formula is C3H8N2. The second-order valence-corrected chi connectivity index (χ2v) is 0.866. The van der Waals surface area contributed by atoms with Crippen LogP contribution in [0.25, 0.3) is 0 Å². The standard InChI is InChI=1S/C3H8N2/c4-2-1-3-5/h1-4H2. The van der Waals surface area contributed by atoms with E-state index >= 15 is 0 Å². The third kappa shape index (κ3) is 3.92. The lowest BCUT2D eigenvalue weighted by atomic mass is 10.4. The van der Waals surface area contributed by atoms with E-state index < -0.39 is 0 Å². The van der Waals surface area contributed by atoms with Crippen LogP contribution in [0.4, 0.5) is 0 Å². The van der Waals surface area contributed by atoms with Gasteiger partial charge in [-0.05, 0) is 13.0 Å². The van der Waals surface area contributed by atoms with E-state index in [9.17, 15) is 0 Å². The van der Waals surface area contributed by atoms with E-state index in [0.717, 1.165) is 6.42 Å². The summed E-state index contributed by atoms with van der Waals surface area (Å²) in [6.07, 6.45) is 0.722. The summed E-state index contributed by atoms with van der Waals surface area (Å²) < 4.78 is 0. The smallest absolute Gasteiger partial charge is 0.0333 e. The van der Waals surface area contributed by atoms with Crippen molar-refractivity contribution in [1.82, 2.24) is 5.73 Å². The average molecular weight is 72.1 g/mol. The predicted octanol–water partition coefficient (Wildman–Crippen LogP) is -0.596. The van der Waals surface area contributed by atoms with Gasteiger partial charge in [-0.15, -0.1) is 5.73 Å². The summed E-state index contributed by atoms with van der Waals surface area (Å²) in [5.74, 6) is 0. The summed E-state index contributed by atoms with van der Waals surface area (Å²) in [5.41, 5.74) is 13.0. The first-order valence-corrected chi connectivity index (χ1v) is 1.72. The Morgan fingerprint density at radius 2 is 2.20 bits per heavy atom. The van der Waals surface area contributed by atoms with Crippen LogP contribution in [0, 0.1) is 0 Å². The van der Waals surface area contributed by atoms with Crippen molar-refractivity contribution in [3.63, 3.8) is 0 Å². The van der Waals surface area contributed by atoms with Gasteiger partial charge in [-0.1, -0.05) is 0 Å². The number of hydrogen-bond acceptors (Lipinski definition) is 1. The van der Waals surface area contributed by atoms with E-state index in [0.29, 0.717) is 6.54 Å². The van der Waals surface area contributed by atoms with Crippen molar-refractivity contribution in [2.45, 2.75) is 6.42 Å². The Morgan fingerprint density at radius 1 is 1.60 bits per heavy atom. The monoisotopic (exact) mass is 72.1 g/mol. The summed E-state index contributed by atoms with van der Waals surface area (Å²) in [7, 11) is 0. The normalized spacial score (nSPS) is 8.40. The Kier molecular flexibility index (Phi) is 3.86. The first kappa shape index (κ1) is 4.92. The van der Waals surface area contributed by atoms with Crippen LogP contribution in [0.5, 0.6) is 0 Å². The Labute approximate surface area is 32.1 Å². The van der Waals surface area contributed by atoms with Gasteiger partial charge in [0.1, 0.15) is 0 Å². The van der Waals surface area contributed by atoms with Crippen LogP contribution in [0.1, 0.15) is 6.42 Å². The molecule has 0 fully saturated rings. The highest BCUT2D eigenvalue weighted by molar-refractivity contribution is 4.32. The minimum Gasteiger partial charge on any atom is -0.330 e. The third-order valence-electron chi connectivity index (χ3n) is 0.362. The lowest BCUT2D eigenvalue weighted by Crippen LogP contribution is -2.00. The molecule has 0 rings (SSSR count). The maximum absolute atomic E-state index is 7.99. The van der Waals surface area contributed by atoms with Crippen LogP contribution in [-0.2, 0) is 0 Å². The average Bonchev–Trinajstić information content (AvgIpc) is 1.41. The maximum atomic E-state index is 7.99. The van der Waals surface area contributed by atoms with Crippen molar-refractivity contribution < 1.29 is 0 Å². The predicted molar refractivity (Wildman–Crippen MR) is 20.7 cm³/mol. The van der Waals surface area contributed by atoms with Gasteiger partial charge in [0.2, 0.25) is 0 Å². The highest BCUT2D eigenvalue weighted by atomic mass is 14.6. The number of nitrogens with zero attached hydrogens (tertiary/aromatic N) is 1. The molecule has 2 N–H and O–H groups in total. The fourth-order valence-corrected chi connectivity index (χ4v) is 0.0913. The van der Waals surface area contributed by atoms with Gasteiger partial charge in [0, 0.05) is 6.54 Å². The summed E-state index contributed by atoms with van der Waals surface area (Å²) >= 11 is 0. The van der Waals surface area contributed by atoms with Crippen molar-refractivity contribution in [3.8, 4) is 0 Å². The van der Waals surface area contributed by atoms with Crippen LogP contribution in [-0.4, -0.2) is 13.1 Å². The molecule has 0 atom stereocenters. The molecule has 0 aromatic rings. The van der Waals surface area contributed by atoms with E-state index in [-0.39, 0.29) is 6.54 Å². The fourth-order valence-electron chi connectivity index (χ4n) is 0.0913. The zero-order valence-corrected chi connectivity index (χ0v) is 3.15. The van der Waals surface area contributed by atoms with E-state index in [1.165, 1.54) is 0 Å². The molecule has 5 heavy (non-hydrogen) atoms. The molecule has 0 bridgehead atoms. The van der Waals surface area contributed by atoms with Crippen molar-refractivity contribution >= 4 is 0 Å². The van der Waals surface area contributed by atoms with Gasteiger partial charge in [0.25, 0.3) is 0 Å². The summed E-state index contributed by atoms with van der Waals surface area (Å²) in [6, 6.07) is 0.